The van der Waals surface area contributed by atoms with Gasteiger partial charge < -0.3 is 0 Å². The molecule has 1 fully saturated rings. The van der Waals surface area contributed by atoms with Crippen LogP contribution in [0.4, 0.5) is 0 Å². The quantitative estimate of drug-likeness (QED) is 0.792. The van der Waals surface area contributed by atoms with Crippen molar-refractivity contribution in [2.24, 2.45) is 5.92 Å². The fraction of sp³-hybridized carbons (Fsp3) is 0.500. The Morgan fingerprint density at radius 3 is 2.00 bits per heavy atom. The lowest BCUT2D eigenvalue weighted by Crippen LogP contribution is -2.40. The van der Waals surface area contributed by atoms with E-state index in [0.717, 1.165) is 23.5 Å². The van der Waals surface area contributed by atoms with Crippen molar-refractivity contribution < 1.29 is 9.59 Å². The third kappa shape index (κ3) is 2.96. The number of rotatable bonds is 4. The summed E-state index contributed by atoms with van der Waals surface area (Å²) in [5, 5.41) is 0. The van der Waals surface area contributed by atoms with Gasteiger partial charge in [0.15, 0.2) is 0 Å². The number of thioether (sulfide) groups is 2. The summed E-state index contributed by atoms with van der Waals surface area (Å²) in [6.45, 7) is 5.13. The molecule has 0 bridgehead atoms. The predicted octanol–water partition coefficient (Wildman–Crippen LogP) is 3.81. The highest BCUT2D eigenvalue weighted by Crippen LogP contribution is 2.55. The van der Waals surface area contributed by atoms with Crippen LogP contribution in [-0.4, -0.2) is 23.1 Å². The summed E-state index contributed by atoms with van der Waals surface area (Å²) in [4.78, 5) is 24.2. The summed E-state index contributed by atoms with van der Waals surface area (Å²) in [7, 11) is 0. The van der Waals surface area contributed by atoms with Crippen LogP contribution in [0.3, 0.4) is 0 Å². The SMILES string of the molecule is CC(=O)C(C(C)=O)C1(c2ccc(C)cc2)SCCCS1. The van der Waals surface area contributed by atoms with Gasteiger partial charge in [0, 0.05) is 0 Å². The van der Waals surface area contributed by atoms with Crippen molar-refractivity contribution in [2.75, 3.05) is 11.5 Å². The Morgan fingerprint density at radius 2 is 1.55 bits per heavy atom. The third-order valence-corrected chi connectivity index (χ3v) is 7.06. The Morgan fingerprint density at radius 1 is 1.05 bits per heavy atom. The van der Waals surface area contributed by atoms with Crippen molar-refractivity contribution in [3.05, 3.63) is 35.4 Å². The fourth-order valence-electron chi connectivity index (χ4n) is 2.66. The van der Waals surface area contributed by atoms with Gasteiger partial charge in [-0.05, 0) is 44.3 Å². The van der Waals surface area contributed by atoms with Gasteiger partial charge in [-0.2, -0.15) is 0 Å². The van der Waals surface area contributed by atoms with Crippen LogP contribution in [0.1, 0.15) is 31.4 Å². The molecule has 2 nitrogen and oxygen atoms in total. The van der Waals surface area contributed by atoms with E-state index < -0.39 is 10.00 Å². The highest BCUT2D eigenvalue weighted by atomic mass is 32.2. The molecule has 2 rings (SSSR count). The molecule has 1 aromatic carbocycles. The summed E-state index contributed by atoms with van der Waals surface area (Å²) >= 11 is 3.51. The van der Waals surface area contributed by atoms with E-state index in [1.165, 1.54) is 19.4 Å². The number of ketones is 2. The zero-order valence-electron chi connectivity index (χ0n) is 12.1. The van der Waals surface area contributed by atoms with E-state index in [0.29, 0.717) is 0 Å². The van der Waals surface area contributed by atoms with Crippen molar-refractivity contribution in [3.63, 3.8) is 0 Å². The van der Waals surface area contributed by atoms with E-state index in [1.54, 1.807) is 23.5 Å². The van der Waals surface area contributed by atoms with E-state index in [4.69, 9.17) is 0 Å². The average Bonchev–Trinajstić information content (AvgIpc) is 2.39. The maximum absolute atomic E-state index is 12.1. The molecular formula is C16H20O2S2. The van der Waals surface area contributed by atoms with E-state index in [1.807, 2.05) is 6.92 Å². The van der Waals surface area contributed by atoms with Crippen LogP contribution < -0.4 is 0 Å². The van der Waals surface area contributed by atoms with E-state index in [-0.39, 0.29) is 11.6 Å². The highest BCUT2D eigenvalue weighted by molar-refractivity contribution is 8.18. The number of carbonyl (C=O) groups excluding carboxylic acids is 2. The predicted molar refractivity (Wildman–Crippen MR) is 87.2 cm³/mol. The van der Waals surface area contributed by atoms with E-state index in [9.17, 15) is 9.59 Å². The maximum atomic E-state index is 12.1. The Kier molecular flexibility index (Phi) is 4.97. The first-order chi connectivity index (χ1) is 9.47. The zero-order valence-corrected chi connectivity index (χ0v) is 13.8. The van der Waals surface area contributed by atoms with Crippen LogP contribution in [0.15, 0.2) is 24.3 Å². The molecule has 1 heterocycles. The maximum Gasteiger partial charge on any atom is 0.142 e. The lowest BCUT2D eigenvalue weighted by Gasteiger charge is -2.40. The Labute approximate surface area is 129 Å². The van der Waals surface area contributed by atoms with Crippen LogP contribution >= 0.6 is 23.5 Å². The smallest absolute Gasteiger partial charge is 0.142 e. The molecule has 0 unspecified atom stereocenters. The molecule has 0 N–H and O–H groups in total. The molecular weight excluding hydrogens is 288 g/mol. The second-order valence-corrected chi connectivity index (χ2v) is 8.18. The van der Waals surface area contributed by atoms with Gasteiger partial charge in [0.05, 0.1) is 0 Å². The van der Waals surface area contributed by atoms with Gasteiger partial charge in [0.25, 0.3) is 0 Å². The summed E-state index contributed by atoms with van der Waals surface area (Å²) in [6.07, 6.45) is 1.13. The molecule has 0 atom stereocenters. The molecule has 0 spiro atoms. The van der Waals surface area contributed by atoms with E-state index in [2.05, 4.69) is 24.3 Å². The minimum absolute atomic E-state index is 0.0278. The van der Waals surface area contributed by atoms with Crippen molar-refractivity contribution in [1.82, 2.24) is 0 Å². The van der Waals surface area contributed by atoms with Gasteiger partial charge >= 0.3 is 0 Å². The number of aryl methyl sites for hydroxylation is 1. The second-order valence-electron chi connectivity index (χ2n) is 5.24. The standard InChI is InChI=1S/C16H20O2S2/c1-11-5-7-14(8-6-11)16(19-9-4-10-20-16)15(12(2)17)13(3)18/h5-8,15H,4,9-10H2,1-3H3. The number of carbonyl (C=O) groups is 2. The molecule has 1 aromatic rings. The zero-order chi connectivity index (χ0) is 14.8. The molecule has 108 valence electrons. The second kappa shape index (κ2) is 6.35. The molecule has 0 radical (unpaired) electrons. The van der Waals surface area contributed by atoms with Crippen molar-refractivity contribution >= 4 is 35.1 Å². The molecule has 0 aliphatic carbocycles. The van der Waals surface area contributed by atoms with Crippen LogP contribution in [0.2, 0.25) is 0 Å². The normalized spacial score (nSPS) is 18.0. The minimum atomic E-state index is -0.555. The van der Waals surface area contributed by atoms with Gasteiger partial charge in [-0.3, -0.25) is 9.59 Å². The first kappa shape index (κ1) is 15.6. The number of hydrogen-bond acceptors (Lipinski definition) is 4. The fourth-order valence-corrected chi connectivity index (χ4v) is 6.46. The summed E-state index contributed by atoms with van der Waals surface area (Å²) < 4.78 is -0.441. The topological polar surface area (TPSA) is 34.1 Å². The molecule has 0 saturated carbocycles. The molecule has 0 aromatic heterocycles. The van der Waals surface area contributed by atoms with Gasteiger partial charge in [0.1, 0.15) is 21.6 Å². The monoisotopic (exact) mass is 308 g/mol. The van der Waals surface area contributed by atoms with Gasteiger partial charge in [-0.1, -0.05) is 29.8 Å². The highest BCUT2D eigenvalue weighted by Gasteiger charge is 2.47. The molecule has 20 heavy (non-hydrogen) atoms. The molecule has 4 heteroatoms. The van der Waals surface area contributed by atoms with Gasteiger partial charge in [-0.15, -0.1) is 23.5 Å². The van der Waals surface area contributed by atoms with E-state index >= 15 is 0 Å². The van der Waals surface area contributed by atoms with Crippen molar-refractivity contribution in [1.29, 1.82) is 0 Å². The summed E-state index contributed by atoms with van der Waals surface area (Å²) in [5.41, 5.74) is 2.28. The Hall–Kier alpha value is -0.740. The molecule has 1 aliphatic heterocycles. The molecule has 0 amide bonds. The number of Topliss-reactive ketones (excluding diaryl/α,β-unsaturated/α-hetero) is 2. The van der Waals surface area contributed by atoms with Gasteiger partial charge in [-0.25, -0.2) is 0 Å². The summed E-state index contributed by atoms with van der Waals surface area (Å²) in [5.74, 6) is 1.39. The van der Waals surface area contributed by atoms with Crippen LogP contribution in [0, 0.1) is 12.8 Å². The first-order valence-corrected chi connectivity index (χ1v) is 8.80. The van der Waals surface area contributed by atoms with Gasteiger partial charge in [0.2, 0.25) is 0 Å². The van der Waals surface area contributed by atoms with Crippen molar-refractivity contribution in [2.45, 2.75) is 31.3 Å². The Balaban J connectivity index is 2.51. The molecule has 1 aliphatic rings. The van der Waals surface area contributed by atoms with Crippen LogP contribution in [0.5, 0.6) is 0 Å². The largest absolute Gasteiger partial charge is 0.299 e. The van der Waals surface area contributed by atoms with Crippen LogP contribution in [0.25, 0.3) is 0 Å². The van der Waals surface area contributed by atoms with Crippen molar-refractivity contribution in [3.8, 4) is 0 Å². The molecule has 1 saturated heterocycles. The van der Waals surface area contributed by atoms with Crippen LogP contribution in [-0.2, 0) is 13.7 Å². The first-order valence-electron chi connectivity index (χ1n) is 6.83. The third-order valence-electron chi connectivity index (χ3n) is 3.57. The Bertz CT molecular complexity index is 488. The average molecular weight is 308 g/mol. The lowest BCUT2D eigenvalue weighted by atomic mass is 9.91. The number of benzene rings is 1. The summed E-state index contributed by atoms with van der Waals surface area (Å²) in [6, 6.07) is 8.26. The lowest BCUT2D eigenvalue weighted by molar-refractivity contribution is -0.130. The minimum Gasteiger partial charge on any atom is -0.299 e. The number of hydrogen-bond donors (Lipinski definition) is 0.